The molecule has 0 fully saturated rings. The molecule has 0 spiro atoms. The van der Waals surface area contributed by atoms with E-state index in [4.69, 9.17) is 0 Å². The van der Waals surface area contributed by atoms with E-state index in [1.54, 1.807) is 6.20 Å². The zero-order valence-electron chi connectivity index (χ0n) is 13.3. The molecule has 1 amide bonds. The van der Waals surface area contributed by atoms with Crippen LogP contribution in [0.15, 0.2) is 54.7 Å². The summed E-state index contributed by atoms with van der Waals surface area (Å²) in [4.78, 5) is 19.0. The van der Waals surface area contributed by atoms with E-state index >= 15 is 0 Å². The molecule has 3 heterocycles. The number of carbonyl (C=O) groups excluding carboxylic acids is 1. The summed E-state index contributed by atoms with van der Waals surface area (Å²) in [5, 5.41) is 8.55. The molecule has 0 radical (unpaired) electrons. The fourth-order valence-corrected chi connectivity index (χ4v) is 3.07. The van der Waals surface area contributed by atoms with Crippen LogP contribution in [-0.2, 0) is 17.9 Å². The first-order valence-electron chi connectivity index (χ1n) is 7.92. The first kappa shape index (κ1) is 14.6. The van der Waals surface area contributed by atoms with Crippen molar-refractivity contribution in [2.24, 2.45) is 0 Å². The quantitative estimate of drug-likeness (QED) is 0.744. The smallest absolute Gasteiger partial charge is 0.246 e. The van der Waals surface area contributed by atoms with E-state index in [0.717, 1.165) is 17.1 Å². The van der Waals surface area contributed by atoms with Gasteiger partial charge in [0.2, 0.25) is 5.91 Å². The number of aromatic nitrogens is 4. The van der Waals surface area contributed by atoms with Crippen LogP contribution < -0.4 is 0 Å². The molecule has 0 saturated carbocycles. The third-order valence-electron chi connectivity index (χ3n) is 4.27. The summed E-state index contributed by atoms with van der Waals surface area (Å²) in [7, 11) is 0. The van der Waals surface area contributed by atoms with Crippen LogP contribution >= 0.6 is 0 Å². The Bertz CT molecular complexity index is 860. The third-order valence-corrected chi connectivity index (χ3v) is 4.27. The summed E-state index contributed by atoms with van der Waals surface area (Å²) < 4.78 is 1.90. The van der Waals surface area contributed by atoms with Crippen LogP contribution in [-0.4, -0.2) is 30.6 Å². The average molecular weight is 319 g/mol. The monoisotopic (exact) mass is 319 g/mol. The van der Waals surface area contributed by atoms with Crippen LogP contribution in [0.5, 0.6) is 0 Å². The standard InChI is InChI=1S/C18H17N5O/c1-13-18(24)22(11-14-7-3-2-4-8-14)12-16-20-21-17(23(13)16)15-9-5-6-10-19-15/h2-10,13H,11-12H2,1H3/t13-/m0/s1. The minimum atomic E-state index is -0.343. The van der Waals surface area contributed by atoms with Gasteiger partial charge in [0.15, 0.2) is 11.6 Å². The molecule has 0 aliphatic carbocycles. The van der Waals surface area contributed by atoms with Gasteiger partial charge < -0.3 is 4.90 Å². The Morgan fingerprint density at radius 1 is 1.08 bits per heavy atom. The van der Waals surface area contributed by atoms with E-state index < -0.39 is 0 Å². The van der Waals surface area contributed by atoms with Crippen molar-refractivity contribution in [3.8, 4) is 11.5 Å². The molecule has 0 N–H and O–H groups in total. The molecule has 1 aromatic carbocycles. The van der Waals surface area contributed by atoms with Gasteiger partial charge in [-0.2, -0.15) is 0 Å². The molecule has 4 rings (SSSR count). The summed E-state index contributed by atoms with van der Waals surface area (Å²) >= 11 is 0. The lowest BCUT2D eigenvalue weighted by Crippen LogP contribution is -2.41. The molecule has 6 nitrogen and oxygen atoms in total. The SMILES string of the molecule is C[C@H]1C(=O)N(Cc2ccccc2)Cc2nnc(-c3ccccn3)n21. The minimum absolute atomic E-state index is 0.0725. The number of benzene rings is 1. The Labute approximate surface area is 139 Å². The highest BCUT2D eigenvalue weighted by atomic mass is 16.2. The van der Waals surface area contributed by atoms with Crippen molar-refractivity contribution in [3.63, 3.8) is 0 Å². The van der Waals surface area contributed by atoms with E-state index in [9.17, 15) is 4.79 Å². The van der Waals surface area contributed by atoms with Crippen LogP contribution in [0.25, 0.3) is 11.5 Å². The topological polar surface area (TPSA) is 63.9 Å². The second-order valence-electron chi connectivity index (χ2n) is 5.88. The summed E-state index contributed by atoms with van der Waals surface area (Å²) in [5.74, 6) is 1.51. The van der Waals surface area contributed by atoms with Crippen molar-refractivity contribution >= 4 is 5.91 Å². The van der Waals surface area contributed by atoms with E-state index in [-0.39, 0.29) is 11.9 Å². The van der Waals surface area contributed by atoms with Gasteiger partial charge in [-0.05, 0) is 24.6 Å². The lowest BCUT2D eigenvalue weighted by Gasteiger charge is -2.32. The Balaban J connectivity index is 1.67. The molecule has 120 valence electrons. The van der Waals surface area contributed by atoms with Gasteiger partial charge in [0.1, 0.15) is 11.7 Å². The highest BCUT2D eigenvalue weighted by Gasteiger charge is 2.33. The average Bonchev–Trinajstić information content (AvgIpc) is 3.05. The summed E-state index contributed by atoms with van der Waals surface area (Å²) in [6, 6.07) is 15.3. The van der Waals surface area contributed by atoms with E-state index in [0.29, 0.717) is 18.9 Å². The van der Waals surface area contributed by atoms with E-state index in [2.05, 4.69) is 15.2 Å². The maximum atomic E-state index is 12.8. The molecule has 1 aliphatic rings. The van der Waals surface area contributed by atoms with E-state index in [1.807, 2.05) is 64.9 Å². The Kier molecular flexibility index (Phi) is 3.57. The number of rotatable bonds is 3. The van der Waals surface area contributed by atoms with Crippen molar-refractivity contribution in [1.29, 1.82) is 0 Å². The molecule has 1 atom stereocenters. The summed E-state index contributed by atoms with van der Waals surface area (Å²) in [6.45, 7) is 2.92. The highest BCUT2D eigenvalue weighted by molar-refractivity contribution is 5.81. The fraction of sp³-hybridized carbons (Fsp3) is 0.222. The molecule has 2 aromatic heterocycles. The second kappa shape index (κ2) is 5.88. The normalized spacial score (nSPS) is 17.0. The molecular formula is C18H17N5O. The van der Waals surface area contributed by atoms with Gasteiger partial charge in [-0.3, -0.25) is 14.3 Å². The molecule has 6 heteroatoms. The Hall–Kier alpha value is -3.02. The first-order chi connectivity index (χ1) is 11.7. The molecule has 1 aliphatic heterocycles. The van der Waals surface area contributed by atoms with Crippen LogP contribution in [0.1, 0.15) is 24.4 Å². The number of hydrogen-bond donors (Lipinski definition) is 0. The number of hydrogen-bond acceptors (Lipinski definition) is 4. The van der Waals surface area contributed by atoms with Crippen molar-refractivity contribution in [1.82, 2.24) is 24.6 Å². The second-order valence-corrected chi connectivity index (χ2v) is 5.88. The predicted molar refractivity (Wildman–Crippen MR) is 88.7 cm³/mol. The Morgan fingerprint density at radius 2 is 1.88 bits per heavy atom. The van der Waals surface area contributed by atoms with Gasteiger partial charge in [-0.25, -0.2) is 0 Å². The van der Waals surface area contributed by atoms with Crippen LogP contribution in [0.3, 0.4) is 0 Å². The number of amides is 1. The molecular weight excluding hydrogens is 302 g/mol. The van der Waals surface area contributed by atoms with Crippen molar-refractivity contribution in [2.75, 3.05) is 0 Å². The molecule has 0 saturated heterocycles. The third kappa shape index (κ3) is 2.46. The predicted octanol–water partition coefficient (Wildman–Crippen LogP) is 2.44. The van der Waals surface area contributed by atoms with E-state index in [1.165, 1.54) is 0 Å². The zero-order valence-corrected chi connectivity index (χ0v) is 13.3. The van der Waals surface area contributed by atoms with Crippen LogP contribution in [0.2, 0.25) is 0 Å². The van der Waals surface area contributed by atoms with Crippen molar-refractivity contribution < 1.29 is 4.79 Å². The van der Waals surface area contributed by atoms with Gasteiger partial charge in [-0.15, -0.1) is 10.2 Å². The van der Waals surface area contributed by atoms with Gasteiger partial charge >= 0.3 is 0 Å². The number of carbonyl (C=O) groups is 1. The molecule has 3 aromatic rings. The van der Waals surface area contributed by atoms with Gasteiger partial charge in [0.05, 0.1) is 6.54 Å². The number of fused-ring (bicyclic) bond motifs is 1. The Morgan fingerprint density at radius 3 is 2.62 bits per heavy atom. The maximum Gasteiger partial charge on any atom is 0.246 e. The molecule has 0 bridgehead atoms. The van der Waals surface area contributed by atoms with Gasteiger partial charge in [-0.1, -0.05) is 36.4 Å². The first-order valence-corrected chi connectivity index (χ1v) is 7.92. The largest absolute Gasteiger partial charge is 0.329 e. The minimum Gasteiger partial charge on any atom is -0.329 e. The number of pyridine rings is 1. The zero-order chi connectivity index (χ0) is 16.5. The lowest BCUT2D eigenvalue weighted by atomic mass is 10.1. The maximum absolute atomic E-state index is 12.8. The number of nitrogens with zero attached hydrogens (tertiary/aromatic N) is 5. The highest BCUT2D eigenvalue weighted by Crippen LogP contribution is 2.28. The lowest BCUT2D eigenvalue weighted by molar-refractivity contribution is -0.137. The fourth-order valence-electron chi connectivity index (χ4n) is 3.07. The summed E-state index contributed by atoms with van der Waals surface area (Å²) in [5.41, 5.74) is 1.84. The summed E-state index contributed by atoms with van der Waals surface area (Å²) in [6.07, 6.45) is 1.72. The van der Waals surface area contributed by atoms with Crippen LogP contribution in [0, 0.1) is 0 Å². The van der Waals surface area contributed by atoms with Gasteiger partial charge in [0, 0.05) is 12.7 Å². The van der Waals surface area contributed by atoms with Gasteiger partial charge in [0.25, 0.3) is 0 Å². The van der Waals surface area contributed by atoms with Crippen LogP contribution in [0.4, 0.5) is 0 Å². The molecule has 24 heavy (non-hydrogen) atoms. The van der Waals surface area contributed by atoms with Crippen molar-refractivity contribution in [2.45, 2.75) is 26.1 Å². The molecule has 0 unspecified atom stereocenters. The van der Waals surface area contributed by atoms with Crippen molar-refractivity contribution in [3.05, 3.63) is 66.1 Å².